The molecule has 4 heteroatoms. The van der Waals surface area contributed by atoms with Crippen molar-refractivity contribution >= 4 is 42.8 Å². The van der Waals surface area contributed by atoms with Gasteiger partial charge >= 0.3 is 0 Å². The summed E-state index contributed by atoms with van der Waals surface area (Å²) in [4.78, 5) is 4.11. The van der Waals surface area contributed by atoms with Crippen molar-refractivity contribution in [3.05, 3.63) is 27.6 Å². The molecule has 0 aliphatic heterocycles. The molecule has 0 unspecified atom stereocenters. The number of halogens is 2. The van der Waals surface area contributed by atoms with Gasteiger partial charge in [-0.25, -0.2) is 4.98 Å². The van der Waals surface area contributed by atoms with E-state index in [9.17, 15) is 0 Å². The number of hydrogen-bond acceptors (Lipinski definition) is 2. The van der Waals surface area contributed by atoms with E-state index in [1.54, 1.807) is 6.26 Å². The van der Waals surface area contributed by atoms with E-state index in [1.165, 1.54) is 0 Å². The van der Waals surface area contributed by atoms with Crippen LogP contribution in [0.3, 0.4) is 0 Å². The topological polar surface area (TPSA) is 26.0 Å². The number of furan rings is 1. The molecule has 0 N–H and O–H groups in total. The van der Waals surface area contributed by atoms with E-state index in [-0.39, 0.29) is 0 Å². The van der Waals surface area contributed by atoms with Gasteiger partial charge in [0, 0.05) is 5.39 Å². The molecule has 2 rings (SSSR count). The van der Waals surface area contributed by atoms with Gasteiger partial charge in [0.05, 0.1) is 6.26 Å². The Labute approximate surface area is 79.9 Å². The second-order valence-corrected chi connectivity index (χ2v) is 3.64. The van der Waals surface area contributed by atoms with Crippen molar-refractivity contribution in [1.29, 1.82) is 0 Å². The molecular weight excluding hydrogens is 274 g/mol. The van der Waals surface area contributed by atoms with E-state index in [2.05, 4.69) is 36.8 Å². The zero-order valence-electron chi connectivity index (χ0n) is 5.34. The fraction of sp³-hybridized carbons (Fsp3) is 0. The maximum Gasteiger partial charge on any atom is 0.166 e. The number of nitrogens with zero attached hydrogens (tertiary/aromatic N) is 1. The minimum Gasteiger partial charge on any atom is -0.461 e. The highest BCUT2D eigenvalue weighted by atomic mass is 79.9. The Morgan fingerprint density at radius 2 is 2.18 bits per heavy atom. The number of rotatable bonds is 0. The average Bonchev–Trinajstić information content (AvgIpc) is 2.34. The maximum absolute atomic E-state index is 5.17. The lowest BCUT2D eigenvalue weighted by Gasteiger charge is -1.92. The highest BCUT2D eigenvalue weighted by Gasteiger charge is 2.03. The summed E-state index contributed by atoms with van der Waals surface area (Å²) < 4.78 is 6.71. The molecule has 2 aromatic rings. The second-order valence-electron chi connectivity index (χ2n) is 2.07. The Morgan fingerprint density at radius 1 is 1.36 bits per heavy atom. The minimum atomic E-state index is 0.729. The highest BCUT2D eigenvalue weighted by Crippen LogP contribution is 2.25. The Bertz CT molecular complexity index is 396. The lowest BCUT2D eigenvalue weighted by atomic mass is 10.3. The molecule has 0 spiro atoms. The van der Waals surface area contributed by atoms with Crippen LogP contribution >= 0.6 is 31.9 Å². The molecule has 0 aliphatic rings. The van der Waals surface area contributed by atoms with Gasteiger partial charge in [-0.2, -0.15) is 0 Å². The molecule has 0 radical (unpaired) electrons. The molecule has 11 heavy (non-hydrogen) atoms. The van der Waals surface area contributed by atoms with Gasteiger partial charge in [0.1, 0.15) is 4.60 Å². The van der Waals surface area contributed by atoms with Crippen molar-refractivity contribution in [1.82, 2.24) is 4.98 Å². The third kappa shape index (κ3) is 1.20. The monoisotopic (exact) mass is 275 g/mol. The fourth-order valence-corrected chi connectivity index (χ4v) is 2.08. The third-order valence-electron chi connectivity index (χ3n) is 1.36. The Hall–Kier alpha value is -0.350. The van der Waals surface area contributed by atoms with Gasteiger partial charge in [-0.15, -0.1) is 0 Å². The predicted molar refractivity (Wildman–Crippen MR) is 49.4 cm³/mol. The van der Waals surface area contributed by atoms with E-state index in [4.69, 9.17) is 4.42 Å². The number of hydrogen-bond donors (Lipinski definition) is 0. The molecule has 0 fully saturated rings. The van der Waals surface area contributed by atoms with Gasteiger partial charge in [-0.3, -0.25) is 0 Å². The zero-order chi connectivity index (χ0) is 7.84. The summed E-state index contributed by atoms with van der Waals surface area (Å²) in [6.07, 6.45) is 1.64. The summed E-state index contributed by atoms with van der Waals surface area (Å²) in [5, 5.41) is 1.04. The zero-order valence-corrected chi connectivity index (χ0v) is 8.52. The normalized spacial score (nSPS) is 10.7. The first-order valence-electron chi connectivity index (χ1n) is 2.96. The van der Waals surface area contributed by atoms with Crippen molar-refractivity contribution in [2.24, 2.45) is 0 Å². The van der Waals surface area contributed by atoms with Crippen LogP contribution in [-0.2, 0) is 0 Å². The van der Waals surface area contributed by atoms with Crippen molar-refractivity contribution in [3.63, 3.8) is 0 Å². The molecular formula is C7H3Br2NO. The summed E-state index contributed by atoms with van der Waals surface area (Å²) in [5.41, 5.74) is 0.785. The van der Waals surface area contributed by atoms with E-state index in [1.807, 2.05) is 12.1 Å². The van der Waals surface area contributed by atoms with Crippen LogP contribution in [0.1, 0.15) is 0 Å². The van der Waals surface area contributed by atoms with Crippen LogP contribution in [-0.4, -0.2) is 4.98 Å². The molecule has 0 bridgehead atoms. The predicted octanol–water partition coefficient (Wildman–Crippen LogP) is 3.35. The van der Waals surface area contributed by atoms with Crippen LogP contribution in [0.4, 0.5) is 0 Å². The smallest absolute Gasteiger partial charge is 0.166 e. The third-order valence-corrected chi connectivity index (χ3v) is 2.31. The average molecular weight is 277 g/mol. The minimum absolute atomic E-state index is 0.729. The molecule has 0 amide bonds. The van der Waals surface area contributed by atoms with Gasteiger partial charge in [0.25, 0.3) is 0 Å². The van der Waals surface area contributed by atoms with Gasteiger partial charge in [-0.05, 0) is 44.0 Å². The molecule has 0 saturated carbocycles. The molecule has 0 saturated heterocycles. The summed E-state index contributed by atoms with van der Waals surface area (Å²) in [7, 11) is 0. The molecule has 0 atom stereocenters. The van der Waals surface area contributed by atoms with E-state index in [0.29, 0.717) is 0 Å². The van der Waals surface area contributed by atoms with Crippen LogP contribution in [0.25, 0.3) is 11.0 Å². The maximum atomic E-state index is 5.17. The molecule has 2 heterocycles. The van der Waals surface area contributed by atoms with Gasteiger partial charge in [0.15, 0.2) is 10.2 Å². The van der Waals surface area contributed by atoms with E-state index < -0.39 is 0 Å². The first-order valence-corrected chi connectivity index (χ1v) is 4.55. The second kappa shape index (κ2) is 2.60. The van der Waals surface area contributed by atoms with Gasteiger partial charge < -0.3 is 4.42 Å². The quantitative estimate of drug-likeness (QED) is 0.690. The standard InChI is InChI=1S/C7H3Br2NO/c8-5-3-4-1-2-11-6(4)7(9)10-5/h1-3H. The molecule has 56 valence electrons. The molecule has 0 aromatic carbocycles. The van der Waals surface area contributed by atoms with E-state index >= 15 is 0 Å². The van der Waals surface area contributed by atoms with Gasteiger partial charge in [-0.1, -0.05) is 0 Å². The molecule has 2 nitrogen and oxygen atoms in total. The SMILES string of the molecule is Brc1cc2ccoc2c(Br)n1. The van der Waals surface area contributed by atoms with Crippen LogP contribution in [0.5, 0.6) is 0 Å². The van der Waals surface area contributed by atoms with Crippen molar-refractivity contribution in [2.75, 3.05) is 0 Å². The van der Waals surface area contributed by atoms with Crippen LogP contribution in [0.15, 0.2) is 32.0 Å². The lowest BCUT2D eigenvalue weighted by molar-refractivity contribution is 0.611. The largest absolute Gasteiger partial charge is 0.461 e. The molecule has 0 aliphatic carbocycles. The Morgan fingerprint density at radius 3 is 3.00 bits per heavy atom. The van der Waals surface area contributed by atoms with Crippen LogP contribution in [0.2, 0.25) is 0 Å². The number of pyridine rings is 1. The summed E-state index contributed by atoms with van der Waals surface area (Å²) >= 11 is 6.58. The Balaban J connectivity index is 2.91. The summed E-state index contributed by atoms with van der Waals surface area (Å²) in [5.74, 6) is 0. The number of fused-ring (bicyclic) bond motifs is 1. The van der Waals surface area contributed by atoms with E-state index in [0.717, 1.165) is 20.2 Å². The van der Waals surface area contributed by atoms with Crippen LogP contribution < -0.4 is 0 Å². The Kier molecular flexibility index (Phi) is 1.73. The first kappa shape index (κ1) is 7.31. The lowest BCUT2D eigenvalue weighted by Crippen LogP contribution is -1.76. The summed E-state index contributed by atoms with van der Waals surface area (Å²) in [6.45, 7) is 0. The summed E-state index contributed by atoms with van der Waals surface area (Å²) in [6, 6.07) is 3.80. The van der Waals surface area contributed by atoms with Crippen molar-refractivity contribution in [2.45, 2.75) is 0 Å². The first-order chi connectivity index (χ1) is 5.27. The van der Waals surface area contributed by atoms with Crippen molar-refractivity contribution in [3.8, 4) is 0 Å². The highest BCUT2D eigenvalue weighted by molar-refractivity contribution is 9.11. The molecule has 2 aromatic heterocycles. The van der Waals surface area contributed by atoms with Crippen LogP contribution in [0, 0.1) is 0 Å². The fourth-order valence-electron chi connectivity index (χ4n) is 0.906. The van der Waals surface area contributed by atoms with Gasteiger partial charge in [0.2, 0.25) is 0 Å². The van der Waals surface area contributed by atoms with Crippen molar-refractivity contribution < 1.29 is 4.42 Å². The number of aromatic nitrogens is 1.